The maximum absolute atomic E-state index is 13.0. The SMILES string of the molecule is CCCCCCC/C=C\C/C=C\CCCCCCCCCCCCCCCCCCCCCCCCCCCCCCCC(=O)OC(COC(=O)CCCCCCCCCCCCCCCCCCCCCCCCCCCCC)COC(OCC[N+](C)(C)C)C(=O)[O-]. The normalized spacial score (nSPS) is 12.7. The molecule has 0 aromatic carbocycles. The van der Waals surface area contributed by atoms with E-state index in [-0.39, 0.29) is 32.2 Å². The molecule has 550 valence electrons. The van der Waals surface area contributed by atoms with Gasteiger partial charge in [0.15, 0.2) is 12.4 Å². The summed E-state index contributed by atoms with van der Waals surface area (Å²) >= 11 is 0. The van der Waals surface area contributed by atoms with E-state index >= 15 is 0 Å². The average molecular weight is 1310 g/mol. The lowest BCUT2D eigenvalue weighted by Gasteiger charge is -2.26. The van der Waals surface area contributed by atoms with Crippen LogP contribution in [0.2, 0.25) is 0 Å². The van der Waals surface area contributed by atoms with Crippen LogP contribution in [-0.4, -0.2) is 82.3 Å². The van der Waals surface area contributed by atoms with Gasteiger partial charge in [-0.2, -0.15) is 0 Å². The van der Waals surface area contributed by atoms with Crippen LogP contribution in [0, 0.1) is 0 Å². The summed E-state index contributed by atoms with van der Waals surface area (Å²) in [5.41, 5.74) is 0. The van der Waals surface area contributed by atoms with Crippen molar-refractivity contribution in [3.63, 3.8) is 0 Å². The van der Waals surface area contributed by atoms with E-state index in [4.69, 9.17) is 18.9 Å². The Bertz CT molecular complexity index is 1580. The summed E-state index contributed by atoms with van der Waals surface area (Å²) in [6, 6.07) is 0. The molecule has 0 N–H and O–H groups in total. The Kier molecular flexibility index (Phi) is 73.7. The van der Waals surface area contributed by atoms with Crippen molar-refractivity contribution < 1.29 is 42.9 Å². The van der Waals surface area contributed by atoms with Gasteiger partial charge in [-0.25, -0.2) is 0 Å². The topological polar surface area (TPSA) is 111 Å². The van der Waals surface area contributed by atoms with Crippen LogP contribution in [-0.2, 0) is 33.3 Å². The number of carbonyl (C=O) groups is 3. The highest BCUT2D eigenvalue weighted by molar-refractivity contribution is 5.70. The Morgan fingerprint density at radius 3 is 0.849 bits per heavy atom. The number of carbonyl (C=O) groups excluding carboxylic acids is 3. The number of likely N-dealkylation sites (N-methyl/N-ethyl adjacent to an activating group) is 1. The van der Waals surface area contributed by atoms with Crippen molar-refractivity contribution in [1.29, 1.82) is 0 Å². The third-order valence-electron chi connectivity index (χ3n) is 19.2. The number of rotatable bonds is 79. The Morgan fingerprint density at radius 2 is 0.581 bits per heavy atom. The van der Waals surface area contributed by atoms with E-state index in [1.54, 1.807) is 0 Å². The number of ether oxygens (including phenoxy) is 4. The number of unbranched alkanes of at least 4 members (excludes halogenated alkanes) is 60. The first-order valence-corrected chi connectivity index (χ1v) is 41.5. The second kappa shape index (κ2) is 75.5. The lowest BCUT2D eigenvalue weighted by atomic mass is 10.0. The standard InChI is InChI=1S/C84H161NO8/c1-6-8-10-12-14-16-18-20-22-24-26-28-30-32-34-35-36-37-38-39-40-41-42-43-44-45-46-47-49-51-53-55-57-59-61-63-65-67-69-71-73-75-82(87)93-80(79-92-84(83(88)89)90-77-76-85(3,4)5)78-91-81(86)74-72-70-68-66-64-62-60-58-56-54-52-50-48-33-31-29-27-25-23-21-19-17-15-13-11-9-7-2/h18,20,24,26,80,84H,6-17,19,21-23,25,27-79H2,1-5H3/b20-18-,26-24-. The molecule has 0 aliphatic heterocycles. The molecule has 0 radical (unpaired) electrons. The number of quaternary nitrogens is 1. The van der Waals surface area contributed by atoms with E-state index in [1.807, 2.05) is 21.1 Å². The van der Waals surface area contributed by atoms with Gasteiger partial charge in [-0.15, -0.1) is 0 Å². The van der Waals surface area contributed by atoms with Crippen LogP contribution in [0.15, 0.2) is 24.3 Å². The monoisotopic (exact) mass is 1310 g/mol. The van der Waals surface area contributed by atoms with Crippen LogP contribution >= 0.6 is 0 Å². The highest BCUT2D eigenvalue weighted by atomic mass is 16.7. The van der Waals surface area contributed by atoms with Gasteiger partial charge >= 0.3 is 11.9 Å². The average Bonchev–Trinajstić information content (AvgIpc) is 3.38. The molecule has 0 aromatic rings. The molecule has 0 spiro atoms. The maximum atomic E-state index is 13.0. The van der Waals surface area contributed by atoms with E-state index in [0.717, 1.165) is 44.9 Å². The predicted octanol–water partition coefficient (Wildman–Crippen LogP) is 25.2. The molecule has 2 unspecified atom stereocenters. The molecule has 0 aromatic heterocycles. The van der Waals surface area contributed by atoms with Gasteiger partial charge in [0.1, 0.15) is 13.2 Å². The molecule has 0 bridgehead atoms. The molecule has 2 atom stereocenters. The Labute approximate surface area is 579 Å². The quantitative estimate of drug-likeness (QED) is 0.0195. The first-order valence-electron chi connectivity index (χ1n) is 41.5. The number of nitrogens with zero attached hydrogens (tertiary/aromatic N) is 1. The minimum atomic E-state index is -1.62. The zero-order valence-electron chi connectivity index (χ0n) is 63.2. The van der Waals surface area contributed by atoms with Crippen molar-refractivity contribution in [2.75, 3.05) is 47.5 Å². The van der Waals surface area contributed by atoms with Crippen LogP contribution in [0.25, 0.3) is 0 Å². The van der Waals surface area contributed by atoms with E-state index in [9.17, 15) is 19.5 Å². The molecule has 0 aliphatic rings. The molecule has 0 saturated carbocycles. The van der Waals surface area contributed by atoms with Crippen molar-refractivity contribution in [3.05, 3.63) is 24.3 Å². The number of esters is 2. The molecule has 0 amide bonds. The minimum Gasteiger partial charge on any atom is -0.545 e. The molecule has 0 saturated heterocycles. The molecular formula is C84H161NO8. The maximum Gasteiger partial charge on any atom is 0.306 e. The largest absolute Gasteiger partial charge is 0.545 e. The lowest BCUT2D eigenvalue weighted by molar-refractivity contribution is -0.870. The predicted molar refractivity (Wildman–Crippen MR) is 399 cm³/mol. The molecule has 0 heterocycles. The van der Waals surface area contributed by atoms with Crippen molar-refractivity contribution in [1.82, 2.24) is 0 Å². The summed E-state index contributed by atoms with van der Waals surface area (Å²) in [7, 11) is 5.96. The van der Waals surface area contributed by atoms with Crippen molar-refractivity contribution >= 4 is 17.9 Å². The van der Waals surface area contributed by atoms with Gasteiger partial charge in [0.25, 0.3) is 0 Å². The zero-order chi connectivity index (χ0) is 67.5. The van der Waals surface area contributed by atoms with E-state index < -0.39 is 24.3 Å². The number of hydrogen-bond acceptors (Lipinski definition) is 8. The Morgan fingerprint density at radius 1 is 0.323 bits per heavy atom. The van der Waals surface area contributed by atoms with Gasteiger partial charge in [-0.1, -0.05) is 404 Å². The zero-order valence-corrected chi connectivity index (χ0v) is 63.2. The fourth-order valence-electron chi connectivity index (χ4n) is 12.9. The number of allylic oxidation sites excluding steroid dienone is 4. The minimum absolute atomic E-state index is 0.153. The highest BCUT2D eigenvalue weighted by Gasteiger charge is 2.22. The summed E-state index contributed by atoms with van der Waals surface area (Å²) < 4.78 is 22.9. The van der Waals surface area contributed by atoms with Gasteiger partial charge in [-0.3, -0.25) is 9.59 Å². The Balaban J connectivity index is 3.91. The van der Waals surface area contributed by atoms with Crippen LogP contribution in [0.5, 0.6) is 0 Å². The fraction of sp³-hybridized carbons (Fsp3) is 0.917. The fourth-order valence-corrected chi connectivity index (χ4v) is 12.9. The first kappa shape index (κ1) is 90.8. The van der Waals surface area contributed by atoms with Gasteiger partial charge in [-0.05, 0) is 44.9 Å². The third-order valence-corrected chi connectivity index (χ3v) is 19.2. The summed E-state index contributed by atoms with van der Waals surface area (Å²) in [5.74, 6) is -2.24. The van der Waals surface area contributed by atoms with Gasteiger partial charge < -0.3 is 33.3 Å². The summed E-state index contributed by atoms with van der Waals surface area (Å²) in [5, 5.41) is 11.9. The highest BCUT2D eigenvalue weighted by Crippen LogP contribution is 2.21. The smallest absolute Gasteiger partial charge is 0.306 e. The molecule has 93 heavy (non-hydrogen) atoms. The second-order valence-corrected chi connectivity index (χ2v) is 29.8. The van der Waals surface area contributed by atoms with Crippen LogP contribution in [0.1, 0.15) is 438 Å². The number of carboxylic acids is 1. The number of aliphatic carboxylic acids is 1. The van der Waals surface area contributed by atoms with Gasteiger partial charge in [0.05, 0.1) is 40.3 Å². The third kappa shape index (κ3) is 77.0. The van der Waals surface area contributed by atoms with Crippen LogP contribution in [0.4, 0.5) is 0 Å². The lowest BCUT2D eigenvalue weighted by Crippen LogP contribution is -2.44. The van der Waals surface area contributed by atoms with Crippen LogP contribution in [0.3, 0.4) is 0 Å². The second-order valence-electron chi connectivity index (χ2n) is 29.8. The van der Waals surface area contributed by atoms with Crippen molar-refractivity contribution in [2.24, 2.45) is 0 Å². The molecular weight excluding hydrogens is 1150 g/mol. The molecule has 0 rings (SSSR count). The Hall–Kier alpha value is -2.23. The number of hydrogen-bond donors (Lipinski definition) is 0. The van der Waals surface area contributed by atoms with Crippen LogP contribution < -0.4 is 5.11 Å². The summed E-state index contributed by atoms with van der Waals surface area (Å²) in [6.07, 6.45) is 93.3. The van der Waals surface area contributed by atoms with Crippen molar-refractivity contribution in [3.8, 4) is 0 Å². The van der Waals surface area contributed by atoms with E-state index in [1.165, 1.54) is 366 Å². The molecule has 9 heteroatoms. The summed E-state index contributed by atoms with van der Waals surface area (Å²) in [6.45, 7) is 4.83. The van der Waals surface area contributed by atoms with Crippen molar-refractivity contribution in [2.45, 2.75) is 450 Å². The molecule has 9 nitrogen and oxygen atoms in total. The molecule has 0 fully saturated rings. The summed E-state index contributed by atoms with van der Waals surface area (Å²) in [4.78, 5) is 37.6. The first-order chi connectivity index (χ1) is 45.6. The van der Waals surface area contributed by atoms with E-state index in [0.29, 0.717) is 17.4 Å². The number of carboxylic acid groups (broad SMARTS) is 1. The van der Waals surface area contributed by atoms with Gasteiger partial charge in [0, 0.05) is 12.8 Å². The van der Waals surface area contributed by atoms with Gasteiger partial charge in [0.2, 0.25) is 0 Å². The molecule has 0 aliphatic carbocycles. The van der Waals surface area contributed by atoms with E-state index in [2.05, 4.69) is 38.2 Å².